The topological polar surface area (TPSA) is 35.2 Å². The first-order chi connectivity index (χ1) is 6.11. The van der Waals surface area contributed by atoms with Crippen LogP contribution in [0.15, 0.2) is 0 Å². The molecule has 0 aromatic rings. The summed E-state index contributed by atoms with van der Waals surface area (Å²) in [5.74, 6) is 0.663. The minimum Gasteiger partial charge on any atom is -0.377 e. The van der Waals surface area contributed by atoms with Crippen LogP contribution < -0.4 is 5.73 Å². The lowest BCUT2D eigenvalue weighted by Crippen LogP contribution is -2.34. The van der Waals surface area contributed by atoms with Crippen LogP contribution in [-0.2, 0) is 4.74 Å². The van der Waals surface area contributed by atoms with E-state index in [4.69, 9.17) is 10.5 Å². The summed E-state index contributed by atoms with van der Waals surface area (Å²) in [4.78, 5) is 0. The minimum absolute atomic E-state index is 0.189. The molecule has 3 unspecified atom stereocenters. The Balaban J connectivity index is 3.50. The average Bonchev–Trinajstić information content (AvgIpc) is 2.13. The molecule has 0 saturated heterocycles. The zero-order chi connectivity index (χ0) is 10.3. The summed E-state index contributed by atoms with van der Waals surface area (Å²) in [7, 11) is 0. The molecule has 0 aliphatic rings. The fourth-order valence-corrected chi connectivity index (χ4v) is 1.35. The molecule has 0 aromatic carbocycles. The number of rotatable bonds is 7. The van der Waals surface area contributed by atoms with Crippen LogP contribution in [0.5, 0.6) is 0 Å². The van der Waals surface area contributed by atoms with E-state index >= 15 is 0 Å². The standard InChI is InChI=1S/C11H25NO/c1-5-7-9(3)8-13-10(4)11(12)6-2/h9-11H,5-8,12H2,1-4H3. The van der Waals surface area contributed by atoms with Crippen molar-refractivity contribution in [1.82, 2.24) is 0 Å². The van der Waals surface area contributed by atoms with Gasteiger partial charge < -0.3 is 10.5 Å². The van der Waals surface area contributed by atoms with Crippen molar-refractivity contribution in [3.05, 3.63) is 0 Å². The van der Waals surface area contributed by atoms with Crippen LogP contribution in [0.3, 0.4) is 0 Å². The molecule has 3 atom stereocenters. The summed E-state index contributed by atoms with van der Waals surface area (Å²) in [5, 5.41) is 0. The first-order valence-corrected chi connectivity index (χ1v) is 5.48. The molecule has 2 nitrogen and oxygen atoms in total. The second-order valence-electron chi connectivity index (χ2n) is 4.00. The molecule has 0 spiro atoms. The van der Waals surface area contributed by atoms with Gasteiger partial charge in [0.15, 0.2) is 0 Å². The van der Waals surface area contributed by atoms with E-state index in [2.05, 4.69) is 27.7 Å². The maximum absolute atomic E-state index is 5.85. The molecule has 0 fully saturated rings. The van der Waals surface area contributed by atoms with Gasteiger partial charge in [0.2, 0.25) is 0 Å². The molecule has 0 aliphatic carbocycles. The molecule has 0 bridgehead atoms. The molecule has 0 saturated carbocycles. The van der Waals surface area contributed by atoms with Crippen molar-refractivity contribution >= 4 is 0 Å². The predicted molar refractivity (Wildman–Crippen MR) is 57.8 cm³/mol. The van der Waals surface area contributed by atoms with Gasteiger partial charge in [-0.05, 0) is 25.7 Å². The van der Waals surface area contributed by atoms with E-state index in [9.17, 15) is 0 Å². The Morgan fingerprint density at radius 1 is 1.23 bits per heavy atom. The first-order valence-electron chi connectivity index (χ1n) is 5.48. The SMILES string of the molecule is CCCC(C)COC(C)C(N)CC. The fraction of sp³-hybridized carbons (Fsp3) is 1.00. The molecule has 2 heteroatoms. The highest BCUT2D eigenvalue weighted by molar-refractivity contribution is 4.67. The summed E-state index contributed by atoms with van der Waals surface area (Å²) < 4.78 is 5.68. The molecule has 0 amide bonds. The largest absolute Gasteiger partial charge is 0.377 e. The summed E-state index contributed by atoms with van der Waals surface area (Å²) in [6.07, 6.45) is 3.67. The van der Waals surface area contributed by atoms with Crippen molar-refractivity contribution in [2.24, 2.45) is 11.7 Å². The van der Waals surface area contributed by atoms with Crippen molar-refractivity contribution in [1.29, 1.82) is 0 Å². The number of ether oxygens (including phenoxy) is 1. The van der Waals surface area contributed by atoms with E-state index in [1.807, 2.05) is 0 Å². The second-order valence-corrected chi connectivity index (χ2v) is 4.00. The predicted octanol–water partition coefficient (Wildman–Crippen LogP) is 2.57. The van der Waals surface area contributed by atoms with Crippen LogP contribution in [-0.4, -0.2) is 18.8 Å². The van der Waals surface area contributed by atoms with Gasteiger partial charge in [-0.15, -0.1) is 0 Å². The van der Waals surface area contributed by atoms with E-state index < -0.39 is 0 Å². The third-order valence-corrected chi connectivity index (χ3v) is 2.50. The Morgan fingerprint density at radius 2 is 1.85 bits per heavy atom. The Hall–Kier alpha value is -0.0800. The smallest absolute Gasteiger partial charge is 0.0697 e. The fourth-order valence-electron chi connectivity index (χ4n) is 1.35. The second kappa shape index (κ2) is 7.34. The summed E-state index contributed by atoms with van der Waals surface area (Å²) >= 11 is 0. The van der Waals surface area contributed by atoms with Crippen LogP contribution in [0.25, 0.3) is 0 Å². The maximum Gasteiger partial charge on any atom is 0.0697 e. The quantitative estimate of drug-likeness (QED) is 0.665. The van der Waals surface area contributed by atoms with Crippen LogP contribution in [0.4, 0.5) is 0 Å². The molecule has 2 N–H and O–H groups in total. The third-order valence-electron chi connectivity index (χ3n) is 2.50. The van der Waals surface area contributed by atoms with E-state index in [0.717, 1.165) is 13.0 Å². The number of hydrogen-bond acceptors (Lipinski definition) is 2. The molecular formula is C11H25NO. The number of hydrogen-bond donors (Lipinski definition) is 1. The Bertz CT molecular complexity index is 117. The average molecular weight is 187 g/mol. The van der Waals surface area contributed by atoms with Crippen LogP contribution in [0, 0.1) is 5.92 Å². The van der Waals surface area contributed by atoms with Crippen molar-refractivity contribution in [3.63, 3.8) is 0 Å². The normalized spacial score (nSPS) is 18.2. The molecule has 0 aromatic heterocycles. The Morgan fingerprint density at radius 3 is 2.31 bits per heavy atom. The maximum atomic E-state index is 5.85. The summed E-state index contributed by atoms with van der Waals surface area (Å²) in [5.41, 5.74) is 5.85. The van der Waals surface area contributed by atoms with Gasteiger partial charge in [-0.2, -0.15) is 0 Å². The molecule has 80 valence electrons. The molecule has 13 heavy (non-hydrogen) atoms. The van der Waals surface area contributed by atoms with Crippen LogP contribution >= 0.6 is 0 Å². The Labute approximate surface area is 82.8 Å². The van der Waals surface area contributed by atoms with Gasteiger partial charge >= 0.3 is 0 Å². The van der Waals surface area contributed by atoms with Gasteiger partial charge in [0.05, 0.1) is 6.10 Å². The zero-order valence-corrected chi connectivity index (χ0v) is 9.55. The van der Waals surface area contributed by atoms with E-state index in [0.29, 0.717) is 5.92 Å². The van der Waals surface area contributed by atoms with E-state index in [1.54, 1.807) is 0 Å². The van der Waals surface area contributed by atoms with Gasteiger partial charge in [-0.1, -0.05) is 27.2 Å². The van der Waals surface area contributed by atoms with E-state index in [-0.39, 0.29) is 12.1 Å². The van der Waals surface area contributed by atoms with Crippen molar-refractivity contribution in [3.8, 4) is 0 Å². The highest BCUT2D eigenvalue weighted by Crippen LogP contribution is 2.08. The van der Waals surface area contributed by atoms with Gasteiger partial charge in [-0.25, -0.2) is 0 Å². The van der Waals surface area contributed by atoms with Gasteiger partial charge in [0.1, 0.15) is 0 Å². The highest BCUT2D eigenvalue weighted by atomic mass is 16.5. The van der Waals surface area contributed by atoms with Gasteiger partial charge in [-0.3, -0.25) is 0 Å². The van der Waals surface area contributed by atoms with Crippen LogP contribution in [0.1, 0.15) is 47.0 Å². The highest BCUT2D eigenvalue weighted by Gasteiger charge is 2.11. The molecule has 0 rings (SSSR count). The molecule has 0 heterocycles. The lowest BCUT2D eigenvalue weighted by molar-refractivity contribution is 0.0261. The molecule has 0 aliphatic heterocycles. The number of nitrogens with two attached hydrogens (primary N) is 1. The van der Waals surface area contributed by atoms with E-state index in [1.165, 1.54) is 12.8 Å². The monoisotopic (exact) mass is 187 g/mol. The zero-order valence-electron chi connectivity index (χ0n) is 9.55. The Kier molecular flexibility index (Phi) is 7.29. The molecule has 0 radical (unpaired) electrons. The van der Waals surface area contributed by atoms with Gasteiger partial charge in [0, 0.05) is 12.6 Å². The molecular weight excluding hydrogens is 162 g/mol. The minimum atomic E-state index is 0.189. The lowest BCUT2D eigenvalue weighted by atomic mass is 10.1. The summed E-state index contributed by atoms with van der Waals surface area (Å²) in [6.45, 7) is 9.45. The van der Waals surface area contributed by atoms with Crippen LogP contribution in [0.2, 0.25) is 0 Å². The van der Waals surface area contributed by atoms with Crippen molar-refractivity contribution < 1.29 is 4.74 Å². The van der Waals surface area contributed by atoms with Crippen molar-refractivity contribution in [2.45, 2.75) is 59.1 Å². The summed E-state index contributed by atoms with van der Waals surface area (Å²) in [6, 6.07) is 0.189. The third kappa shape index (κ3) is 6.05. The first kappa shape index (κ1) is 12.9. The van der Waals surface area contributed by atoms with Gasteiger partial charge in [0.25, 0.3) is 0 Å². The van der Waals surface area contributed by atoms with Crippen molar-refractivity contribution in [2.75, 3.05) is 6.61 Å². The lowest BCUT2D eigenvalue weighted by Gasteiger charge is -2.21.